The first-order valence-electron chi connectivity index (χ1n) is 21.1. The summed E-state index contributed by atoms with van der Waals surface area (Å²) in [5.41, 5.74) is 19.4. The van der Waals surface area contributed by atoms with Crippen LogP contribution in [0.3, 0.4) is 0 Å². The molecule has 11 rings (SSSR count). The first kappa shape index (κ1) is 36.8. The zero-order valence-corrected chi connectivity index (χ0v) is 34.0. The van der Waals surface area contributed by atoms with E-state index < -0.39 is 0 Å². The Morgan fingerprint density at radius 1 is 0.210 bits per heavy atom. The highest BCUT2D eigenvalue weighted by Crippen LogP contribution is 2.39. The lowest BCUT2D eigenvalue weighted by Gasteiger charge is -2.26. The van der Waals surface area contributed by atoms with Crippen molar-refractivity contribution in [2.75, 3.05) is 4.90 Å². The fourth-order valence-electron chi connectivity index (χ4n) is 8.61. The van der Waals surface area contributed by atoms with Gasteiger partial charge in [-0.05, 0) is 127 Å². The number of nitrogens with zero attached hydrogens (tertiary/aromatic N) is 1. The minimum atomic E-state index is 0.912. The van der Waals surface area contributed by atoms with E-state index in [0.717, 1.165) is 39.0 Å². The van der Waals surface area contributed by atoms with E-state index >= 15 is 0 Å². The molecule has 11 aromatic rings. The lowest BCUT2D eigenvalue weighted by molar-refractivity contribution is 0.669. The Morgan fingerprint density at radius 3 is 0.984 bits per heavy atom. The molecule has 0 aliphatic rings. The topological polar surface area (TPSA) is 16.4 Å². The maximum absolute atomic E-state index is 6.08. The van der Waals surface area contributed by atoms with Gasteiger partial charge in [0.05, 0.1) is 0 Å². The van der Waals surface area contributed by atoms with E-state index in [9.17, 15) is 0 Å². The third kappa shape index (κ3) is 7.25. The van der Waals surface area contributed by atoms with Gasteiger partial charge in [-0.1, -0.05) is 188 Å². The molecule has 0 fully saturated rings. The number of furan rings is 1. The Kier molecular flexibility index (Phi) is 9.57. The molecule has 0 bridgehead atoms. The van der Waals surface area contributed by atoms with Gasteiger partial charge in [-0.2, -0.15) is 0 Å². The Labute approximate surface area is 362 Å². The summed E-state index contributed by atoms with van der Waals surface area (Å²) in [6.45, 7) is 0. The van der Waals surface area contributed by atoms with Crippen molar-refractivity contribution in [1.29, 1.82) is 0 Å². The van der Waals surface area contributed by atoms with Crippen LogP contribution in [0.25, 0.3) is 88.7 Å². The van der Waals surface area contributed by atoms with Crippen molar-refractivity contribution in [2.24, 2.45) is 0 Å². The molecule has 0 saturated carbocycles. The monoisotopic (exact) mass is 791 g/mol. The molecule has 0 radical (unpaired) electrons. The van der Waals surface area contributed by atoms with Gasteiger partial charge in [-0.25, -0.2) is 0 Å². The number of fused-ring (bicyclic) bond motifs is 3. The second-order valence-electron chi connectivity index (χ2n) is 15.8. The lowest BCUT2D eigenvalue weighted by atomic mass is 9.98. The van der Waals surface area contributed by atoms with Crippen LogP contribution in [0.1, 0.15) is 0 Å². The van der Waals surface area contributed by atoms with Crippen LogP contribution in [0.2, 0.25) is 0 Å². The Morgan fingerprint density at radius 2 is 0.516 bits per heavy atom. The molecule has 0 amide bonds. The van der Waals surface area contributed by atoms with Crippen LogP contribution >= 0.6 is 0 Å². The van der Waals surface area contributed by atoms with Crippen molar-refractivity contribution in [3.05, 3.63) is 249 Å². The van der Waals surface area contributed by atoms with E-state index in [1.165, 1.54) is 66.8 Å². The summed E-state index contributed by atoms with van der Waals surface area (Å²) < 4.78 is 6.08. The maximum Gasteiger partial charge on any atom is 0.135 e. The maximum atomic E-state index is 6.08. The minimum Gasteiger partial charge on any atom is -0.456 e. The number of para-hydroxylation sites is 1. The van der Waals surface area contributed by atoms with Crippen molar-refractivity contribution in [3.8, 4) is 66.8 Å². The summed E-state index contributed by atoms with van der Waals surface area (Å²) in [6, 6.07) is 89.1. The summed E-state index contributed by atoms with van der Waals surface area (Å²) >= 11 is 0. The summed E-state index contributed by atoms with van der Waals surface area (Å²) in [5.74, 6) is 0. The molecule has 1 aromatic heterocycles. The van der Waals surface area contributed by atoms with Gasteiger partial charge >= 0.3 is 0 Å². The summed E-state index contributed by atoms with van der Waals surface area (Å²) in [7, 11) is 0. The minimum absolute atomic E-state index is 0.912. The van der Waals surface area contributed by atoms with E-state index in [2.05, 4.69) is 241 Å². The highest BCUT2D eigenvalue weighted by molar-refractivity contribution is 6.06. The molecule has 2 nitrogen and oxygen atoms in total. The Balaban J connectivity index is 0.898. The lowest BCUT2D eigenvalue weighted by Crippen LogP contribution is -2.09. The SMILES string of the molecule is c1ccc(-c2ccc(-c3ccc(N(c4ccc(-c5ccc(-c6ccc7oc8ccccc8c7c6)cc5)cc4)c4ccc(-c5cccc(-c6ccccc6)c5)cc4)cc3)cc2)cc1. The summed E-state index contributed by atoms with van der Waals surface area (Å²) in [5, 5.41) is 2.28. The first-order chi connectivity index (χ1) is 30.7. The normalized spacial score (nSPS) is 11.2. The van der Waals surface area contributed by atoms with Gasteiger partial charge in [0.25, 0.3) is 0 Å². The van der Waals surface area contributed by atoms with E-state index in [-0.39, 0.29) is 0 Å². The largest absolute Gasteiger partial charge is 0.456 e. The van der Waals surface area contributed by atoms with E-state index in [4.69, 9.17) is 4.42 Å². The predicted octanol–water partition coefficient (Wildman–Crippen LogP) is 17.1. The molecule has 1 heterocycles. The zero-order chi connectivity index (χ0) is 41.2. The fourth-order valence-corrected chi connectivity index (χ4v) is 8.61. The third-order valence-electron chi connectivity index (χ3n) is 11.9. The molecule has 0 aliphatic heterocycles. The molecular weight excluding hydrogens is 751 g/mol. The summed E-state index contributed by atoms with van der Waals surface area (Å²) in [6.07, 6.45) is 0. The van der Waals surface area contributed by atoms with Crippen molar-refractivity contribution in [2.45, 2.75) is 0 Å². The van der Waals surface area contributed by atoms with Crippen molar-refractivity contribution in [1.82, 2.24) is 0 Å². The van der Waals surface area contributed by atoms with Crippen molar-refractivity contribution >= 4 is 39.0 Å². The number of benzene rings is 10. The van der Waals surface area contributed by atoms with Crippen LogP contribution in [0.4, 0.5) is 17.1 Å². The van der Waals surface area contributed by atoms with Gasteiger partial charge in [0, 0.05) is 27.8 Å². The number of hydrogen-bond donors (Lipinski definition) is 0. The average molecular weight is 792 g/mol. The van der Waals surface area contributed by atoms with Gasteiger partial charge in [0.2, 0.25) is 0 Å². The highest BCUT2D eigenvalue weighted by Gasteiger charge is 2.15. The van der Waals surface area contributed by atoms with E-state index in [1.807, 2.05) is 12.1 Å². The average Bonchev–Trinajstić information content (AvgIpc) is 3.74. The van der Waals surface area contributed by atoms with Crippen LogP contribution in [0.15, 0.2) is 253 Å². The quantitative estimate of drug-likeness (QED) is 0.145. The third-order valence-corrected chi connectivity index (χ3v) is 11.9. The molecule has 10 aromatic carbocycles. The van der Waals surface area contributed by atoms with Crippen LogP contribution in [-0.2, 0) is 0 Å². The predicted molar refractivity (Wildman–Crippen MR) is 261 cm³/mol. The molecule has 62 heavy (non-hydrogen) atoms. The van der Waals surface area contributed by atoms with Crippen LogP contribution in [0, 0.1) is 0 Å². The first-order valence-corrected chi connectivity index (χ1v) is 21.1. The Hall–Kier alpha value is -8.20. The van der Waals surface area contributed by atoms with Gasteiger partial charge in [0.1, 0.15) is 11.2 Å². The standard InChI is InChI=1S/C60H41NO/c1-3-10-42(11-4-1)44-18-20-45(21-19-44)47-26-33-54(34-27-47)61(56-37-30-50(31-38-56)52-15-9-14-51(40-52)43-12-5-2-6-13-43)55-35-28-48(29-36-55)46-22-24-49(25-23-46)53-32-39-60-58(41-53)57-16-7-8-17-59(57)62-60/h1-41H. The van der Waals surface area contributed by atoms with Gasteiger partial charge < -0.3 is 9.32 Å². The number of anilines is 3. The zero-order valence-electron chi connectivity index (χ0n) is 34.0. The molecule has 0 atom stereocenters. The van der Waals surface area contributed by atoms with E-state index in [1.54, 1.807) is 0 Å². The van der Waals surface area contributed by atoms with Gasteiger partial charge in [0.15, 0.2) is 0 Å². The molecule has 292 valence electrons. The van der Waals surface area contributed by atoms with Crippen molar-refractivity contribution in [3.63, 3.8) is 0 Å². The summed E-state index contributed by atoms with van der Waals surface area (Å²) in [4.78, 5) is 2.34. The smallest absolute Gasteiger partial charge is 0.135 e. The van der Waals surface area contributed by atoms with E-state index in [0.29, 0.717) is 0 Å². The second-order valence-corrected chi connectivity index (χ2v) is 15.8. The molecule has 0 unspecified atom stereocenters. The van der Waals surface area contributed by atoms with Crippen LogP contribution < -0.4 is 4.90 Å². The molecule has 0 N–H and O–H groups in total. The number of hydrogen-bond acceptors (Lipinski definition) is 2. The molecule has 0 spiro atoms. The van der Waals surface area contributed by atoms with Gasteiger partial charge in [-0.3, -0.25) is 0 Å². The van der Waals surface area contributed by atoms with Crippen molar-refractivity contribution < 1.29 is 4.42 Å². The fraction of sp³-hybridized carbons (Fsp3) is 0. The van der Waals surface area contributed by atoms with Crippen LogP contribution in [-0.4, -0.2) is 0 Å². The second kappa shape index (κ2) is 16.1. The number of rotatable bonds is 9. The molecule has 2 heteroatoms. The van der Waals surface area contributed by atoms with Gasteiger partial charge in [-0.15, -0.1) is 0 Å². The molecular formula is C60H41NO. The molecule has 0 aliphatic carbocycles. The highest BCUT2D eigenvalue weighted by atomic mass is 16.3. The van der Waals surface area contributed by atoms with Crippen LogP contribution in [0.5, 0.6) is 0 Å². The molecule has 0 saturated heterocycles. The Bertz CT molecular complexity index is 3280.